The van der Waals surface area contributed by atoms with Crippen LogP contribution in [0.15, 0.2) is 27.6 Å². The summed E-state index contributed by atoms with van der Waals surface area (Å²) in [4.78, 5) is 4.17. The third-order valence-electron chi connectivity index (χ3n) is 3.08. The lowest BCUT2D eigenvalue weighted by molar-refractivity contribution is 0.372. The standard InChI is InChI=1S/C12H14N4O3S/c1-8-15-12(19-16-8)7-14-20(17,18)10-3-2-9-4-5-13-11(9)6-10/h2-3,6,13-14H,4-5,7H2,1H3. The van der Waals surface area contributed by atoms with Crippen LogP contribution in [0, 0.1) is 6.92 Å². The average Bonchev–Trinajstić information content (AvgIpc) is 3.04. The normalized spacial score (nSPS) is 14.1. The molecule has 0 unspecified atom stereocenters. The summed E-state index contributed by atoms with van der Waals surface area (Å²) in [6.07, 6.45) is 0.921. The highest BCUT2D eigenvalue weighted by Crippen LogP contribution is 2.25. The highest BCUT2D eigenvalue weighted by atomic mass is 32.2. The molecule has 0 atom stereocenters. The number of aryl methyl sites for hydroxylation is 1. The zero-order chi connectivity index (χ0) is 14.2. The molecule has 0 fully saturated rings. The number of nitrogens with one attached hydrogen (secondary N) is 2. The van der Waals surface area contributed by atoms with Crippen molar-refractivity contribution in [1.82, 2.24) is 14.9 Å². The first-order valence-electron chi connectivity index (χ1n) is 6.20. The van der Waals surface area contributed by atoms with Crippen LogP contribution in [-0.4, -0.2) is 25.1 Å². The number of rotatable bonds is 4. The molecular formula is C12H14N4O3S. The summed E-state index contributed by atoms with van der Waals surface area (Å²) in [5.41, 5.74) is 2.01. The number of hydrogen-bond donors (Lipinski definition) is 2. The van der Waals surface area contributed by atoms with Crippen LogP contribution < -0.4 is 10.0 Å². The molecule has 0 amide bonds. The van der Waals surface area contributed by atoms with Gasteiger partial charge in [-0.05, 0) is 31.0 Å². The Morgan fingerprint density at radius 3 is 3.05 bits per heavy atom. The minimum atomic E-state index is -3.59. The van der Waals surface area contributed by atoms with Gasteiger partial charge in [0.05, 0.1) is 11.4 Å². The summed E-state index contributed by atoms with van der Waals surface area (Å²) in [5, 5.41) is 6.76. The van der Waals surface area contributed by atoms with Crippen molar-refractivity contribution in [3.63, 3.8) is 0 Å². The van der Waals surface area contributed by atoms with E-state index in [4.69, 9.17) is 4.52 Å². The van der Waals surface area contributed by atoms with Crippen molar-refractivity contribution in [2.75, 3.05) is 11.9 Å². The SMILES string of the molecule is Cc1noc(CNS(=O)(=O)c2ccc3c(c2)NCC3)n1. The Labute approximate surface area is 116 Å². The van der Waals surface area contributed by atoms with Gasteiger partial charge >= 0.3 is 0 Å². The number of sulfonamides is 1. The summed E-state index contributed by atoms with van der Waals surface area (Å²) in [7, 11) is -3.59. The third kappa shape index (κ3) is 2.52. The van der Waals surface area contributed by atoms with E-state index in [-0.39, 0.29) is 17.3 Å². The van der Waals surface area contributed by atoms with Crippen molar-refractivity contribution in [2.45, 2.75) is 24.8 Å². The van der Waals surface area contributed by atoms with Gasteiger partial charge in [-0.2, -0.15) is 4.98 Å². The Morgan fingerprint density at radius 2 is 2.30 bits per heavy atom. The quantitative estimate of drug-likeness (QED) is 0.866. The lowest BCUT2D eigenvalue weighted by atomic mass is 10.2. The molecule has 3 rings (SSSR count). The first-order valence-corrected chi connectivity index (χ1v) is 7.68. The molecule has 2 heterocycles. The van der Waals surface area contributed by atoms with Gasteiger partial charge in [0, 0.05) is 12.2 Å². The second kappa shape index (κ2) is 4.88. The summed E-state index contributed by atoms with van der Waals surface area (Å²) in [6, 6.07) is 5.08. The predicted molar refractivity (Wildman–Crippen MR) is 71.7 cm³/mol. The molecule has 1 aromatic carbocycles. The Kier molecular flexibility index (Phi) is 3.19. The maximum absolute atomic E-state index is 12.2. The number of nitrogens with zero attached hydrogens (tertiary/aromatic N) is 2. The molecule has 1 aromatic heterocycles. The van der Waals surface area contributed by atoms with Gasteiger partial charge < -0.3 is 9.84 Å². The first-order chi connectivity index (χ1) is 9.54. The summed E-state index contributed by atoms with van der Waals surface area (Å²) in [5.74, 6) is 0.714. The predicted octanol–water partition coefficient (Wildman–Crippen LogP) is 0.825. The number of aromatic nitrogens is 2. The van der Waals surface area contributed by atoms with E-state index in [2.05, 4.69) is 20.2 Å². The van der Waals surface area contributed by atoms with Crippen LogP contribution in [0.1, 0.15) is 17.3 Å². The van der Waals surface area contributed by atoms with Crippen molar-refractivity contribution in [3.05, 3.63) is 35.5 Å². The highest BCUT2D eigenvalue weighted by Gasteiger charge is 2.19. The van der Waals surface area contributed by atoms with Crippen LogP contribution >= 0.6 is 0 Å². The fraction of sp³-hybridized carbons (Fsp3) is 0.333. The number of hydrogen-bond acceptors (Lipinski definition) is 6. The second-order valence-corrected chi connectivity index (χ2v) is 6.32. The van der Waals surface area contributed by atoms with E-state index in [9.17, 15) is 8.42 Å². The lowest BCUT2D eigenvalue weighted by Crippen LogP contribution is -2.23. The average molecular weight is 294 g/mol. The summed E-state index contributed by atoms with van der Waals surface area (Å²) >= 11 is 0. The lowest BCUT2D eigenvalue weighted by Gasteiger charge is -2.07. The zero-order valence-corrected chi connectivity index (χ0v) is 11.7. The smallest absolute Gasteiger partial charge is 0.241 e. The van der Waals surface area contributed by atoms with Crippen LogP contribution in [0.25, 0.3) is 0 Å². The van der Waals surface area contributed by atoms with Crippen molar-refractivity contribution >= 4 is 15.7 Å². The summed E-state index contributed by atoms with van der Waals surface area (Å²) in [6.45, 7) is 2.49. The van der Waals surface area contributed by atoms with Gasteiger partial charge in [-0.25, -0.2) is 13.1 Å². The molecule has 1 aliphatic heterocycles. The van der Waals surface area contributed by atoms with Crippen molar-refractivity contribution in [1.29, 1.82) is 0 Å². The van der Waals surface area contributed by atoms with E-state index in [0.717, 1.165) is 24.2 Å². The fourth-order valence-corrected chi connectivity index (χ4v) is 3.09. The molecule has 0 radical (unpaired) electrons. The van der Waals surface area contributed by atoms with Crippen molar-refractivity contribution in [2.24, 2.45) is 0 Å². The highest BCUT2D eigenvalue weighted by molar-refractivity contribution is 7.89. The fourth-order valence-electron chi connectivity index (χ4n) is 2.09. The molecule has 0 bridgehead atoms. The van der Waals surface area contributed by atoms with Crippen LogP contribution in [0.4, 0.5) is 5.69 Å². The van der Waals surface area contributed by atoms with E-state index in [1.165, 1.54) is 0 Å². The largest absolute Gasteiger partial charge is 0.384 e. The number of benzene rings is 1. The number of fused-ring (bicyclic) bond motifs is 1. The molecule has 1 aliphatic rings. The molecule has 2 N–H and O–H groups in total. The molecule has 7 nitrogen and oxygen atoms in total. The molecule has 0 saturated carbocycles. The van der Waals surface area contributed by atoms with Crippen molar-refractivity contribution in [3.8, 4) is 0 Å². The van der Waals surface area contributed by atoms with Crippen LogP contribution in [-0.2, 0) is 23.0 Å². The van der Waals surface area contributed by atoms with Gasteiger partial charge in [-0.15, -0.1) is 0 Å². The van der Waals surface area contributed by atoms with E-state index in [0.29, 0.717) is 5.82 Å². The van der Waals surface area contributed by atoms with Gasteiger partial charge in [-0.1, -0.05) is 11.2 Å². The van der Waals surface area contributed by atoms with Gasteiger partial charge in [-0.3, -0.25) is 0 Å². The molecule has 2 aromatic rings. The zero-order valence-electron chi connectivity index (χ0n) is 10.9. The van der Waals surface area contributed by atoms with Crippen LogP contribution in [0.3, 0.4) is 0 Å². The molecule has 0 spiro atoms. The van der Waals surface area contributed by atoms with E-state index < -0.39 is 10.0 Å². The van der Waals surface area contributed by atoms with E-state index >= 15 is 0 Å². The monoisotopic (exact) mass is 294 g/mol. The van der Waals surface area contributed by atoms with Gasteiger partial charge in [0.15, 0.2) is 5.82 Å². The maximum Gasteiger partial charge on any atom is 0.241 e. The van der Waals surface area contributed by atoms with Gasteiger partial charge in [0.2, 0.25) is 15.9 Å². The van der Waals surface area contributed by atoms with Crippen LogP contribution in [0.2, 0.25) is 0 Å². The van der Waals surface area contributed by atoms with Crippen molar-refractivity contribution < 1.29 is 12.9 Å². The van der Waals surface area contributed by atoms with E-state index in [1.807, 2.05) is 6.07 Å². The Balaban J connectivity index is 1.78. The molecule has 20 heavy (non-hydrogen) atoms. The molecular weight excluding hydrogens is 280 g/mol. The Bertz CT molecular complexity index is 739. The first kappa shape index (κ1) is 13.1. The van der Waals surface area contributed by atoms with E-state index in [1.54, 1.807) is 19.1 Å². The molecule has 0 aliphatic carbocycles. The third-order valence-corrected chi connectivity index (χ3v) is 4.48. The Morgan fingerprint density at radius 1 is 1.45 bits per heavy atom. The minimum Gasteiger partial charge on any atom is -0.384 e. The van der Waals surface area contributed by atoms with Crippen LogP contribution in [0.5, 0.6) is 0 Å². The van der Waals surface area contributed by atoms with Gasteiger partial charge in [0.1, 0.15) is 0 Å². The topological polar surface area (TPSA) is 97.1 Å². The summed E-state index contributed by atoms with van der Waals surface area (Å²) < 4.78 is 31.7. The molecule has 8 heteroatoms. The minimum absolute atomic E-state index is 0.0202. The molecule has 0 saturated heterocycles. The second-order valence-electron chi connectivity index (χ2n) is 4.56. The number of anilines is 1. The molecule has 106 valence electrons. The van der Waals surface area contributed by atoms with Gasteiger partial charge in [0.25, 0.3) is 0 Å². The maximum atomic E-state index is 12.2. The Hall–Kier alpha value is -1.93.